The number of thioether (sulfide) groups is 1. The van der Waals surface area contributed by atoms with Crippen molar-refractivity contribution in [1.82, 2.24) is 10.6 Å². The molecule has 3 aromatic rings. The lowest BCUT2D eigenvalue weighted by atomic mass is 10.0. The number of ether oxygens (including phenoxy) is 2. The normalized spacial score (nSPS) is 13.2. The van der Waals surface area contributed by atoms with Gasteiger partial charge in [0, 0.05) is 30.8 Å². The van der Waals surface area contributed by atoms with Crippen LogP contribution in [0.1, 0.15) is 17.5 Å². The van der Waals surface area contributed by atoms with Gasteiger partial charge in [0.2, 0.25) is 5.91 Å². The highest BCUT2D eigenvalue weighted by atomic mass is 35.5. The highest BCUT2D eigenvalue weighted by Gasteiger charge is 2.26. The maximum Gasteiger partial charge on any atom is 0.249 e. The molecule has 0 bridgehead atoms. The van der Waals surface area contributed by atoms with Crippen LogP contribution in [0.5, 0.6) is 5.75 Å². The molecule has 0 saturated carbocycles. The number of aliphatic hydroxyl groups is 1. The van der Waals surface area contributed by atoms with E-state index in [4.69, 9.17) is 9.47 Å². The van der Waals surface area contributed by atoms with Crippen molar-refractivity contribution in [3.8, 4) is 5.75 Å². The number of benzene rings is 3. The Hall–Kier alpha value is -2.55. The van der Waals surface area contributed by atoms with E-state index in [1.165, 1.54) is 0 Å². The molecule has 0 spiro atoms. The molecular formula is C29H37ClN2O4S. The zero-order valence-corrected chi connectivity index (χ0v) is 23.0. The fraction of sp³-hybridized carbons (Fsp3) is 0.345. The lowest BCUT2D eigenvalue weighted by molar-refractivity contribution is -0.132. The predicted octanol–water partition coefficient (Wildman–Crippen LogP) is 4.49. The van der Waals surface area contributed by atoms with Crippen LogP contribution >= 0.6 is 24.2 Å². The summed E-state index contributed by atoms with van der Waals surface area (Å²) < 4.78 is 10.8. The van der Waals surface area contributed by atoms with Crippen molar-refractivity contribution in [2.75, 3.05) is 26.5 Å². The van der Waals surface area contributed by atoms with E-state index in [0.717, 1.165) is 27.5 Å². The Morgan fingerprint density at radius 3 is 2.30 bits per heavy atom. The number of halogens is 1. The Morgan fingerprint density at radius 1 is 0.946 bits per heavy atom. The molecule has 0 radical (unpaired) electrons. The van der Waals surface area contributed by atoms with Crippen LogP contribution in [0, 0.1) is 0 Å². The van der Waals surface area contributed by atoms with E-state index >= 15 is 0 Å². The number of carbonyl (C=O) groups excluding carboxylic acids is 1. The summed E-state index contributed by atoms with van der Waals surface area (Å²) in [6, 6.07) is 27.3. The minimum Gasteiger partial charge on any atom is -0.497 e. The van der Waals surface area contributed by atoms with Gasteiger partial charge in [-0.3, -0.25) is 4.79 Å². The maximum absolute atomic E-state index is 13.1. The zero-order chi connectivity index (χ0) is 25.6. The molecule has 0 aliphatic rings. The summed E-state index contributed by atoms with van der Waals surface area (Å²) in [5, 5.41) is 17.4. The molecule has 0 aliphatic heterocycles. The topological polar surface area (TPSA) is 79.8 Å². The molecule has 0 fully saturated rings. The number of hydrogen-bond donors (Lipinski definition) is 3. The quantitative estimate of drug-likeness (QED) is 0.245. The molecule has 3 N–H and O–H groups in total. The summed E-state index contributed by atoms with van der Waals surface area (Å²) in [6.45, 7) is 0.911. The van der Waals surface area contributed by atoms with E-state index in [9.17, 15) is 9.90 Å². The molecule has 37 heavy (non-hydrogen) atoms. The van der Waals surface area contributed by atoms with E-state index in [2.05, 4.69) is 22.8 Å². The molecule has 0 aromatic heterocycles. The number of nitrogens with one attached hydrogen (secondary N) is 2. The monoisotopic (exact) mass is 544 g/mol. The van der Waals surface area contributed by atoms with E-state index in [-0.39, 0.29) is 18.3 Å². The molecule has 3 atom stereocenters. The van der Waals surface area contributed by atoms with Crippen LogP contribution in [0.15, 0.2) is 89.8 Å². The zero-order valence-electron chi connectivity index (χ0n) is 21.3. The summed E-state index contributed by atoms with van der Waals surface area (Å²) in [6.07, 6.45) is -0.277. The summed E-state index contributed by atoms with van der Waals surface area (Å²) in [5.74, 6) is 1.34. The Labute approximate surface area is 230 Å². The van der Waals surface area contributed by atoms with Gasteiger partial charge in [0.05, 0.1) is 19.3 Å². The van der Waals surface area contributed by atoms with Crippen LogP contribution < -0.4 is 15.4 Å². The van der Waals surface area contributed by atoms with E-state index in [0.29, 0.717) is 25.9 Å². The second-order valence-electron chi connectivity index (χ2n) is 8.53. The fourth-order valence-corrected chi connectivity index (χ4v) is 4.79. The molecule has 1 amide bonds. The number of carbonyl (C=O) groups is 1. The second-order valence-corrected chi connectivity index (χ2v) is 9.70. The number of amides is 1. The molecule has 0 aliphatic carbocycles. The Kier molecular flexibility index (Phi) is 14.1. The predicted molar refractivity (Wildman–Crippen MR) is 153 cm³/mol. The van der Waals surface area contributed by atoms with Crippen LogP contribution in [0.3, 0.4) is 0 Å². The first-order valence-corrected chi connectivity index (χ1v) is 13.1. The molecule has 8 heteroatoms. The number of methoxy groups -OCH3 is 2. The minimum atomic E-state index is -0.782. The van der Waals surface area contributed by atoms with Gasteiger partial charge in [-0.25, -0.2) is 0 Å². The summed E-state index contributed by atoms with van der Waals surface area (Å²) in [5.41, 5.74) is 2.10. The fourth-order valence-electron chi connectivity index (χ4n) is 3.87. The molecule has 3 aromatic carbocycles. The van der Waals surface area contributed by atoms with Crippen LogP contribution in [-0.2, 0) is 22.5 Å². The first-order valence-electron chi connectivity index (χ1n) is 12.2. The van der Waals surface area contributed by atoms with Gasteiger partial charge in [-0.05, 0) is 48.2 Å². The average Bonchev–Trinajstić information content (AvgIpc) is 2.92. The number of hydrogen-bond acceptors (Lipinski definition) is 6. The number of aliphatic hydroxyl groups excluding tert-OH is 1. The lowest BCUT2D eigenvalue weighted by Crippen LogP contribution is -2.51. The second kappa shape index (κ2) is 17.1. The van der Waals surface area contributed by atoms with Crippen molar-refractivity contribution in [2.24, 2.45) is 0 Å². The van der Waals surface area contributed by atoms with Gasteiger partial charge in [-0.2, -0.15) is 0 Å². The van der Waals surface area contributed by atoms with E-state index < -0.39 is 18.2 Å². The highest BCUT2D eigenvalue weighted by Crippen LogP contribution is 2.19. The van der Waals surface area contributed by atoms with Gasteiger partial charge in [0.25, 0.3) is 0 Å². The Morgan fingerprint density at radius 2 is 1.62 bits per heavy atom. The van der Waals surface area contributed by atoms with E-state index in [1.54, 1.807) is 26.0 Å². The van der Waals surface area contributed by atoms with Gasteiger partial charge < -0.3 is 25.2 Å². The molecule has 3 rings (SSSR count). The molecule has 0 heterocycles. The van der Waals surface area contributed by atoms with Crippen LogP contribution in [0.4, 0.5) is 0 Å². The minimum absolute atomic E-state index is 0. The van der Waals surface area contributed by atoms with Gasteiger partial charge >= 0.3 is 0 Å². The highest BCUT2D eigenvalue weighted by molar-refractivity contribution is 7.99. The van der Waals surface area contributed by atoms with Crippen molar-refractivity contribution in [2.45, 2.75) is 42.5 Å². The van der Waals surface area contributed by atoms with Crippen molar-refractivity contribution in [3.63, 3.8) is 0 Å². The smallest absolute Gasteiger partial charge is 0.249 e. The molecule has 200 valence electrons. The van der Waals surface area contributed by atoms with Gasteiger partial charge in [-0.1, -0.05) is 60.7 Å². The van der Waals surface area contributed by atoms with Crippen LogP contribution in [0.2, 0.25) is 0 Å². The summed E-state index contributed by atoms with van der Waals surface area (Å²) >= 11 is 1.69. The Balaban J connectivity index is 0.00000481. The van der Waals surface area contributed by atoms with Crippen LogP contribution in [-0.4, -0.2) is 55.8 Å². The average molecular weight is 545 g/mol. The maximum atomic E-state index is 13.1. The molecule has 1 unspecified atom stereocenters. The van der Waals surface area contributed by atoms with Gasteiger partial charge in [0.1, 0.15) is 11.9 Å². The molecular weight excluding hydrogens is 508 g/mol. The van der Waals surface area contributed by atoms with Crippen molar-refractivity contribution >= 4 is 30.1 Å². The SMILES string of the molecule is COc1cccc(CNC[C@@H](O)[C@H](Cc2ccccc2)NC(=O)C(CCSc2ccccc2)OC)c1.Cl. The van der Waals surface area contributed by atoms with Crippen molar-refractivity contribution in [1.29, 1.82) is 0 Å². The summed E-state index contributed by atoms with van der Waals surface area (Å²) in [4.78, 5) is 14.3. The van der Waals surface area contributed by atoms with Gasteiger partial charge in [0.15, 0.2) is 0 Å². The largest absolute Gasteiger partial charge is 0.497 e. The first-order chi connectivity index (χ1) is 17.6. The number of rotatable bonds is 15. The Bertz CT molecular complexity index is 1040. The third kappa shape index (κ3) is 10.8. The summed E-state index contributed by atoms with van der Waals surface area (Å²) in [7, 11) is 3.19. The van der Waals surface area contributed by atoms with Crippen LogP contribution in [0.25, 0.3) is 0 Å². The van der Waals surface area contributed by atoms with Crippen molar-refractivity contribution < 1.29 is 19.4 Å². The standard InChI is InChI=1S/C29H36N2O4S.ClH/c1-34-24-13-9-12-23(18-24)20-30-21-27(32)26(19-22-10-5-3-6-11-22)31-29(33)28(35-2)16-17-36-25-14-7-4-8-15-25;/h3-15,18,26-28,30,32H,16-17,19-21H2,1-2H3,(H,31,33);1H/t26-,27+,28?;/m0./s1. The third-order valence-corrected chi connectivity index (χ3v) is 6.92. The molecule has 6 nitrogen and oxygen atoms in total. The molecule has 0 saturated heterocycles. The third-order valence-electron chi connectivity index (χ3n) is 5.88. The van der Waals surface area contributed by atoms with Crippen molar-refractivity contribution in [3.05, 3.63) is 96.1 Å². The lowest BCUT2D eigenvalue weighted by Gasteiger charge is -2.27. The van der Waals surface area contributed by atoms with E-state index in [1.807, 2.05) is 72.8 Å². The first kappa shape index (κ1) is 30.7. The van der Waals surface area contributed by atoms with Gasteiger partial charge in [-0.15, -0.1) is 24.2 Å².